The minimum Gasteiger partial charge on any atom is -0.229 e. The van der Waals surface area contributed by atoms with Gasteiger partial charge in [0.1, 0.15) is 39.3 Å². The Labute approximate surface area is 576 Å². The minimum absolute atomic E-state index is 0. The normalized spacial score (nSPS) is 14.0. The second kappa shape index (κ2) is 43.0. The molecule has 1 radical (unpaired) electrons. The van der Waals surface area contributed by atoms with Crippen molar-refractivity contribution in [2.45, 2.75) is 213 Å². The molecule has 21 heteroatoms. The molecule has 16 nitrogen and oxygen atoms in total. The van der Waals surface area contributed by atoms with E-state index in [4.69, 9.17) is 39.9 Å². The summed E-state index contributed by atoms with van der Waals surface area (Å²) in [6.45, 7) is 6.71. The van der Waals surface area contributed by atoms with Gasteiger partial charge >= 0.3 is 0 Å². The zero-order valence-electron chi connectivity index (χ0n) is 57.4. The average Bonchev–Trinajstić information content (AvgIpc) is 1.61. The number of rotatable bonds is 33. The first-order valence-electron chi connectivity index (χ1n) is 34.2. The molecule has 0 fully saturated rings. The molecule has 4 aromatic rings. The Morgan fingerprint density at radius 2 is 0.340 bits per heavy atom. The number of amidine groups is 8. The second-order valence-corrected chi connectivity index (χ2v) is 34.3. The summed E-state index contributed by atoms with van der Waals surface area (Å²) >= 11 is 0. The predicted molar refractivity (Wildman–Crippen MR) is 393 cm³/mol. The van der Waals surface area contributed by atoms with Crippen LogP contribution in [0.25, 0.3) is 0 Å². The van der Waals surface area contributed by atoms with Gasteiger partial charge in [0.05, 0.1) is 0 Å². The molecular formula is C73H106CuN8O8S4. The summed E-state index contributed by atoms with van der Waals surface area (Å²) in [7, 11) is -10.9. The molecule has 0 unspecified atom stereocenters. The SMILES string of the molecule is CCCCCCCCCCCCS(C)(=O)=O.CCCCCCCCCCCCS(C)(=O)=O.CCCCCCCCCCCCS(C)(=O)=O.CS(C)(=O)=O.[Cu].c1ccc2c(c1)C1=NC2=NC2=NC(=NC3=NC(=NC4=NC(=N1)c1ccccc14)c1ccccc13)c1ccccc12. The van der Waals surface area contributed by atoms with Crippen molar-refractivity contribution in [3.63, 3.8) is 0 Å². The molecule has 5 aliphatic heterocycles. The fourth-order valence-corrected chi connectivity index (χ4v) is 13.2. The molecule has 0 N–H and O–H groups in total. The van der Waals surface area contributed by atoms with Crippen molar-refractivity contribution < 1.29 is 50.7 Å². The zero-order valence-corrected chi connectivity index (χ0v) is 61.6. The van der Waals surface area contributed by atoms with Gasteiger partial charge in [-0.25, -0.2) is 73.6 Å². The third-order valence-electron chi connectivity index (χ3n) is 15.9. The van der Waals surface area contributed by atoms with Crippen LogP contribution in [0.5, 0.6) is 0 Å². The first-order chi connectivity index (χ1) is 44.5. The van der Waals surface area contributed by atoms with Crippen LogP contribution in [-0.4, -0.2) is 129 Å². The van der Waals surface area contributed by atoms with Gasteiger partial charge in [0.25, 0.3) is 0 Å². The van der Waals surface area contributed by atoms with Crippen LogP contribution < -0.4 is 0 Å². The summed E-state index contributed by atoms with van der Waals surface area (Å²) in [5, 5.41) is 0. The number of sulfone groups is 4. The van der Waals surface area contributed by atoms with Gasteiger partial charge in [-0.1, -0.05) is 291 Å². The first-order valence-corrected chi connectivity index (χ1v) is 42.7. The van der Waals surface area contributed by atoms with Crippen molar-refractivity contribution in [2.75, 3.05) is 48.5 Å². The molecule has 4 aromatic carbocycles. The Morgan fingerprint density at radius 1 is 0.223 bits per heavy atom. The number of benzene rings is 4. The summed E-state index contributed by atoms with van der Waals surface area (Å²) in [5.41, 5.74) is 7.15. The standard InChI is InChI=1S/C32H16N8.3C13H28O2S.C2H6O2S.Cu/c1-2-10-18-17(9-1)25-33-26(18)38-28-21-13-5-6-14-22(21)30(35-28)40-32-24-16-8-7-15-23(24)31(36-32)39-29-20-12-4-3-11-19(20)27(34-29)37-25;3*1-3-4-5-6-7-8-9-10-11-12-13-16(2,14)15;1-5(2,3)4;/h1-16H;3*3-13H2,1-2H3;1-2H3;. The molecule has 5 heterocycles. The van der Waals surface area contributed by atoms with Crippen molar-refractivity contribution in [2.24, 2.45) is 39.9 Å². The van der Waals surface area contributed by atoms with Gasteiger partial charge in [-0.2, -0.15) is 0 Å². The maximum atomic E-state index is 10.9. The van der Waals surface area contributed by atoms with Crippen molar-refractivity contribution in [3.05, 3.63) is 142 Å². The number of hydrogen-bond acceptors (Lipinski definition) is 16. The number of nitrogens with zero attached hydrogens (tertiary/aromatic N) is 8. The fourth-order valence-electron chi connectivity index (χ4n) is 11.0. The Balaban J connectivity index is 0.000000293. The van der Waals surface area contributed by atoms with E-state index in [1.165, 1.54) is 173 Å². The molecule has 0 atom stereocenters. The second-order valence-electron chi connectivity index (χ2n) is 25.2. The Hall–Kier alpha value is -5.44. The molecule has 0 amide bonds. The van der Waals surface area contributed by atoms with Crippen molar-refractivity contribution in [3.8, 4) is 0 Å². The van der Waals surface area contributed by atoms with E-state index < -0.39 is 39.3 Å². The van der Waals surface area contributed by atoms with Crippen molar-refractivity contribution in [1.82, 2.24) is 0 Å². The van der Waals surface area contributed by atoms with Crippen LogP contribution in [0.2, 0.25) is 0 Å². The summed E-state index contributed by atoms with van der Waals surface area (Å²) in [4.78, 5) is 39.3. The van der Waals surface area contributed by atoms with Gasteiger partial charge < -0.3 is 0 Å². The molecule has 9 rings (SSSR count). The van der Waals surface area contributed by atoms with E-state index >= 15 is 0 Å². The molecule has 94 heavy (non-hydrogen) atoms. The summed E-state index contributed by atoms with van der Waals surface area (Å²) < 4.78 is 84.5. The molecule has 5 aliphatic rings. The first kappa shape index (κ1) is 81.0. The topological polar surface area (TPSA) is 235 Å². The van der Waals surface area contributed by atoms with Gasteiger partial charge in [0.2, 0.25) is 0 Å². The number of fused-ring (bicyclic) bond motifs is 16. The zero-order chi connectivity index (χ0) is 67.5. The molecule has 0 saturated heterocycles. The smallest absolute Gasteiger partial charge is 0.164 e. The van der Waals surface area contributed by atoms with E-state index in [0.717, 1.165) is 95.5 Å². The summed E-state index contributed by atoms with van der Waals surface area (Å²) in [6, 6.07) is 31.8. The van der Waals surface area contributed by atoms with Crippen LogP contribution in [0.1, 0.15) is 258 Å². The number of unbranched alkanes of at least 4 members (excludes halogenated alkanes) is 27. The Kier molecular flexibility index (Phi) is 37.0. The van der Waals surface area contributed by atoms with E-state index in [0.29, 0.717) is 63.9 Å². The fraction of sp³-hybridized carbons (Fsp3) is 0.562. The number of hydrogen-bond donors (Lipinski definition) is 0. The van der Waals surface area contributed by atoms with Gasteiger partial charge in [0, 0.05) is 110 Å². The van der Waals surface area contributed by atoms with Crippen molar-refractivity contribution >= 4 is 86.0 Å². The van der Waals surface area contributed by atoms with Crippen LogP contribution in [0, 0.1) is 0 Å². The van der Waals surface area contributed by atoms with Crippen LogP contribution in [0.3, 0.4) is 0 Å². The number of aliphatic imine (C=N–C) groups is 8. The molecule has 0 aromatic heterocycles. The van der Waals surface area contributed by atoms with Crippen LogP contribution >= 0.6 is 0 Å². The summed E-state index contributed by atoms with van der Waals surface area (Å²) in [6.07, 6.45) is 43.8. The third kappa shape index (κ3) is 31.6. The van der Waals surface area contributed by atoms with Gasteiger partial charge in [0.15, 0.2) is 46.7 Å². The Bertz CT molecular complexity index is 3310. The third-order valence-corrected chi connectivity index (χ3v) is 19.0. The maximum Gasteiger partial charge on any atom is 0.164 e. The molecule has 0 aliphatic carbocycles. The van der Waals surface area contributed by atoms with Gasteiger partial charge in [-0.15, -0.1) is 0 Å². The Morgan fingerprint density at radius 3 is 0.457 bits per heavy atom. The van der Waals surface area contributed by atoms with E-state index in [1.54, 1.807) is 0 Å². The molecule has 0 spiro atoms. The van der Waals surface area contributed by atoms with E-state index in [1.807, 2.05) is 97.1 Å². The van der Waals surface area contributed by atoms with Crippen molar-refractivity contribution in [1.29, 1.82) is 0 Å². The van der Waals surface area contributed by atoms with Crippen LogP contribution in [0.15, 0.2) is 137 Å². The molecule has 521 valence electrons. The van der Waals surface area contributed by atoms with E-state index in [9.17, 15) is 33.7 Å². The minimum atomic E-state index is -2.73. The van der Waals surface area contributed by atoms with Gasteiger partial charge in [-0.05, 0) is 19.3 Å². The maximum absolute atomic E-state index is 10.9. The monoisotopic (exact) mass is 1410 g/mol. The molecule has 0 saturated carbocycles. The molecular weight excluding hydrogens is 1310 g/mol. The van der Waals surface area contributed by atoms with Crippen LogP contribution in [0.4, 0.5) is 0 Å². The quantitative estimate of drug-likeness (QED) is 0.0328. The average molecular weight is 1420 g/mol. The van der Waals surface area contributed by atoms with E-state index in [-0.39, 0.29) is 17.1 Å². The van der Waals surface area contributed by atoms with E-state index in [2.05, 4.69) is 20.8 Å². The summed E-state index contributed by atoms with van der Waals surface area (Å²) in [5.74, 6) is 5.51. The molecule has 8 bridgehead atoms. The van der Waals surface area contributed by atoms with Gasteiger partial charge in [-0.3, -0.25) is 0 Å². The van der Waals surface area contributed by atoms with Crippen LogP contribution in [-0.2, 0) is 56.4 Å². The largest absolute Gasteiger partial charge is 0.229 e. The predicted octanol–water partition coefficient (Wildman–Crippen LogP) is 16.3.